The molecule has 1 aromatic carbocycles. The Morgan fingerprint density at radius 1 is 1.38 bits per heavy atom. The van der Waals surface area contributed by atoms with Gasteiger partial charge in [-0.2, -0.15) is 0 Å². The third kappa shape index (κ3) is 3.84. The van der Waals surface area contributed by atoms with Gasteiger partial charge in [0.05, 0.1) is 5.92 Å². The van der Waals surface area contributed by atoms with E-state index in [2.05, 4.69) is 0 Å². The normalized spacial score (nSPS) is 21.7. The second-order valence-electron chi connectivity index (χ2n) is 6.34. The molecule has 1 aliphatic heterocycles. The van der Waals surface area contributed by atoms with E-state index in [4.69, 9.17) is 9.47 Å². The van der Waals surface area contributed by atoms with Crippen molar-refractivity contribution in [3.63, 3.8) is 0 Å². The zero-order chi connectivity index (χ0) is 15.5. The van der Waals surface area contributed by atoms with Gasteiger partial charge in [0.2, 0.25) is 6.10 Å². The highest BCUT2D eigenvalue weighted by atomic mass is 16.6. The minimum Gasteiger partial charge on any atom is -0.462 e. The van der Waals surface area contributed by atoms with Crippen LogP contribution >= 0.6 is 0 Å². The summed E-state index contributed by atoms with van der Waals surface area (Å²) in [7, 11) is 0. The predicted octanol–water partition coefficient (Wildman–Crippen LogP) is 2.75. The van der Waals surface area contributed by atoms with E-state index in [0.717, 1.165) is 6.42 Å². The zero-order valence-corrected chi connectivity index (χ0v) is 12.8. The van der Waals surface area contributed by atoms with E-state index in [-0.39, 0.29) is 11.9 Å². The molecule has 1 aliphatic rings. The van der Waals surface area contributed by atoms with Gasteiger partial charge in [-0.3, -0.25) is 4.79 Å². The number of aryl methyl sites for hydroxylation is 1. The standard InChI is InChI=1S/C17H22O4/c1-12(9-10-13-7-5-4-6-8-13)15(18)21-14-16(19)20-11-17(14,2)3/h4-8,12,14H,9-11H2,1-3H3/t12?,14-/m0/s1. The van der Waals surface area contributed by atoms with Gasteiger partial charge in [-0.1, -0.05) is 51.1 Å². The lowest BCUT2D eigenvalue weighted by Gasteiger charge is -2.23. The fourth-order valence-corrected chi connectivity index (χ4v) is 2.31. The van der Waals surface area contributed by atoms with Crippen molar-refractivity contribution in [2.24, 2.45) is 11.3 Å². The van der Waals surface area contributed by atoms with Crippen LogP contribution in [0.3, 0.4) is 0 Å². The van der Waals surface area contributed by atoms with Gasteiger partial charge < -0.3 is 9.47 Å². The van der Waals surface area contributed by atoms with E-state index in [1.165, 1.54) is 5.56 Å². The molecule has 0 amide bonds. The number of cyclic esters (lactones) is 1. The summed E-state index contributed by atoms with van der Waals surface area (Å²) in [6.07, 6.45) is 0.727. The Labute approximate surface area is 125 Å². The highest BCUT2D eigenvalue weighted by molar-refractivity contribution is 5.82. The summed E-state index contributed by atoms with van der Waals surface area (Å²) in [5, 5.41) is 0. The van der Waals surface area contributed by atoms with Crippen LogP contribution in [-0.2, 0) is 25.5 Å². The van der Waals surface area contributed by atoms with E-state index in [0.29, 0.717) is 13.0 Å². The van der Waals surface area contributed by atoms with Crippen LogP contribution in [0.5, 0.6) is 0 Å². The molecule has 0 aromatic heterocycles. The zero-order valence-electron chi connectivity index (χ0n) is 12.8. The van der Waals surface area contributed by atoms with E-state index in [9.17, 15) is 9.59 Å². The van der Waals surface area contributed by atoms with Gasteiger partial charge in [0.15, 0.2) is 0 Å². The first-order chi connectivity index (χ1) is 9.90. The molecule has 0 spiro atoms. The fraction of sp³-hybridized carbons (Fsp3) is 0.529. The van der Waals surface area contributed by atoms with Crippen molar-refractivity contribution >= 4 is 11.9 Å². The average molecular weight is 290 g/mol. The molecular formula is C17H22O4. The summed E-state index contributed by atoms with van der Waals surface area (Å²) in [5.74, 6) is -1.01. The predicted molar refractivity (Wildman–Crippen MR) is 78.5 cm³/mol. The van der Waals surface area contributed by atoms with Crippen LogP contribution in [0.1, 0.15) is 32.8 Å². The molecule has 2 atom stereocenters. The molecule has 0 saturated carbocycles. The Balaban J connectivity index is 1.87. The first-order valence-electron chi connectivity index (χ1n) is 7.31. The molecule has 0 N–H and O–H groups in total. The highest BCUT2D eigenvalue weighted by Gasteiger charge is 2.46. The molecule has 2 rings (SSSR count). The second-order valence-corrected chi connectivity index (χ2v) is 6.34. The number of carbonyl (C=O) groups excluding carboxylic acids is 2. The summed E-state index contributed by atoms with van der Waals surface area (Å²) < 4.78 is 10.4. The molecule has 4 nitrogen and oxygen atoms in total. The number of benzene rings is 1. The largest absolute Gasteiger partial charge is 0.462 e. The molecule has 1 fully saturated rings. The van der Waals surface area contributed by atoms with Crippen LogP contribution in [0.15, 0.2) is 30.3 Å². The average Bonchev–Trinajstić information content (AvgIpc) is 2.72. The van der Waals surface area contributed by atoms with Gasteiger partial charge in [0.25, 0.3) is 0 Å². The molecule has 0 radical (unpaired) electrons. The molecule has 4 heteroatoms. The summed E-state index contributed by atoms with van der Waals surface area (Å²) in [5.41, 5.74) is 0.740. The Kier molecular flexibility index (Phi) is 4.66. The molecule has 0 bridgehead atoms. The number of ether oxygens (including phenoxy) is 2. The first-order valence-corrected chi connectivity index (χ1v) is 7.31. The van der Waals surface area contributed by atoms with Gasteiger partial charge in [0.1, 0.15) is 6.61 Å². The molecule has 1 unspecified atom stereocenters. The lowest BCUT2D eigenvalue weighted by Crippen LogP contribution is -2.36. The third-order valence-electron chi connectivity index (χ3n) is 3.86. The monoisotopic (exact) mass is 290 g/mol. The number of hydrogen-bond acceptors (Lipinski definition) is 4. The Morgan fingerprint density at radius 3 is 2.62 bits per heavy atom. The van der Waals surface area contributed by atoms with E-state index < -0.39 is 17.5 Å². The van der Waals surface area contributed by atoms with Crippen molar-refractivity contribution in [2.45, 2.75) is 39.7 Å². The topological polar surface area (TPSA) is 52.6 Å². The number of rotatable bonds is 5. The van der Waals surface area contributed by atoms with Gasteiger partial charge in [-0.15, -0.1) is 0 Å². The van der Waals surface area contributed by atoms with Gasteiger partial charge >= 0.3 is 11.9 Å². The second kappa shape index (κ2) is 6.29. The van der Waals surface area contributed by atoms with Crippen LogP contribution < -0.4 is 0 Å². The number of carbonyl (C=O) groups is 2. The maximum Gasteiger partial charge on any atom is 0.348 e. The molecule has 1 saturated heterocycles. The van der Waals surface area contributed by atoms with Crippen LogP contribution in [0.25, 0.3) is 0 Å². The molecule has 1 heterocycles. The minimum absolute atomic E-state index is 0.241. The van der Waals surface area contributed by atoms with Gasteiger partial charge in [-0.05, 0) is 18.4 Å². The summed E-state index contributed by atoms with van der Waals surface area (Å²) in [4.78, 5) is 23.8. The van der Waals surface area contributed by atoms with Gasteiger partial charge in [-0.25, -0.2) is 4.79 Å². The fourth-order valence-electron chi connectivity index (χ4n) is 2.31. The van der Waals surface area contributed by atoms with Crippen LogP contribution in [0.2, 0.25) is 0 Å². The Morgan fingerprint density at radius 2 is 2.05 bits per heavy atom. The summed E-state index contributed by atoms with van der Waals surface area (Å²) >= 11 is 0. The number of hydrogen-bond donors (Lipinski definition) is 0. The SMILES string of the molecule is CC(CCc1ccccc1)C(=O)O[C@H]1C(=O)OCC1(C)C. The van der Waals surface area contributed by atoms with E-state index >= 15 is 0 Å². The Bertz CT molecular complexity index is 507. The van der Waals surface area contributed by atoms with Crippen LogP contribution in [0, 0.1) is 11.3 Å². The van der Waals surface area contributed by atoms with Crippen molar-refractivity contribution < 1.29 is 19.1 Å². The molecule has 114 valence electrons. The van der Waals surface area contributed by atoms with Gasteiger partial charge in [0, 0.05) is 5.41 Å². The lowest BCUT2D eigenvalue weighted by molar-refractivity contribution is -0.166. The third-order valence-corrected chi connectivity index (χ3v) is 3.86. The highest BCUT2D eigenvalue weighted by Crippen LogP contribution is 2.31. The molecule has 1 aromatic rings. The Hall–Kier alpha value is -1.84. The molecular weight excluding hydrogens is 268 g/mol. The van der Waals surface area contributed by atoms with Crippen molar-refractivity contribution in [1.29, 1.82) is 0 Å². The van der Waals surface area contributed by atoms with Crippen molar-refractivity contribution in [3.8, 4) is 0 Å². The first kappa shape index (κ1) is 15.5. The summed E-state index contributed by atoms with van der Waals surface area (Å²) in [6, 6.07) is 10.0. The maximum atomic E-state index is 12.1. The molecule has 21 heavy (non-hydrogen) atoms. The van der Waals surface area contributed by atoms with Crippen molar-refractivity contribution in [3.05, 3.63) is 35.9 Å². The summed E-state index contributed by atoms with van der Waals surface area (Å²) in [6.45, 7) is 5.86. The molecule has 0 aliphatic carbocycles. The maximum absolute atomic E-state index is 12.1. The quantitative estimate of drug-likeness (QED) is 0.782. The van der Waals surface area contributed by atoms with Crippen molar-refractivity contribution in [2.75, 3.05) is 6.61 Å². The minimum atomic E-state index is -0.788. The van der Waals surface area contributed by atoms with E-state index in [1.807, 2.05) is 51.1 Å². The smallest absolute Gasteiger partial charge is 0.348 e. The van der Waals surface area contributed by atoms with E-state index in [1.54, 1.807) is 0 Å². The van der Waals surface area contributed by atoms with Crippen molar-refractivity contribution in [1.82, 2.24) is 0 Å². The lowest BCUT2D eigenvalue weighted by atomic mass is 9.89. The van der Waals surface area contributed by atoms with Crippen LogP contribution in [0.4, 0.5) is 0 Å². The number of esters is 2. The van der Waals surface area contributed by atoms with Crippen LogP contribution in [-0.4, -0.2) is 24.6 Å².